The maximum atomic E-state index is 11.8. The number of hydrogen-bond acceptors (Lipinski definition) is 3. The Labute approximate surface area is 125 Å². The highest BCUT2D eigenvalue weighted by Gasteiger charge is 2.30. The van der Waals surface area contributed by atoms with Crippen LogP contribution in [-0.4, -0.2) is 17.2 Å². The summed E-state index contributed by atoms with van der Waals surface area (Å²) in [6, 6.07) is 17.2. The Balaban J connectivity index is 2.08. The number of aliphatic hydroxyl groups is 1. The van der Waals surface area contributed by atoms with Crippen LogP contribution in [0.15, 0.2) is 54.6 Å². The minimum Gasteiger partial charge on any atom is -0.425 e. The van der Waals surface area contributed by atoms with E-state index in [1.165, 1.54) is 0 Å². The average Bonchev–Trinajstić information content (AvgIpc) is 2.47. The predicted molar refractivity (Wildman–Crippen MR) is 83.0 cm³/mol. The van der Waals surface area contributed by atoms with Gasteiger partial charge in [0.25, 0.3) is 0 Å². The van der Waals surface area contributed by atoms with Crippen LogP contribution in [0.5, 0.6) is 5.75 Å². The smallest absolute Gasteiger partial charge is 0.340 e. The summed E-state index contributed by atoms with van der Waals surface area (Å²) in [6.07, 6.45) is -1.15. The van der Waals surface area contributed by atoms with E-state index >= 15 is 0 Å². The number of carbonyl (C=O) groups excluding carboxylic acids is 1. The first-order valence-corrected chi connectivity index (χ1v) is 6.93. The molecule has 1 unspecified atom stereocenters. The highest BCUT2D eigenvalue weighted by Crippen LogP contribution is 2.24. The van der Waals surface area contributed by atoms with E-state index in [-0.39, 0.29) is 0 Å². The lowest BCUT2D eigenvalue weighted by Gasteiger charge is -2.23. The molecule has 0 aliphatic carbocycles. The molecule has 2 aromatic carbocycles. The van der Waals surface area contributed by atoms with Gasteiger partial charge in [0.05, 0.1) is 0 Å². The van der Waals surface area contributed by atoms with Crippen molar-refractivity contribution in [3.8, 4) is 16.9 Å². The number of carbonyl (C=O) groups is 1. The Morgan fingerprint density at radius 2 is 1.48 bits per heavy atom. The minimum atomic E-state index is -1.15. The number of rotatable bonds is 3. The Kier molecular flexibility index (Phi) is 4.43. The molecule has 0 spiro atoms. The fraction of sp³-hybridized carbons (Fsp3) is 0.278. The molecule has 1 atom stereocenters. The molecular weight excluding hydrogens is 264 g/mol. The number of ether oxygens (including phenoxy) is 1. The third-order valence-electron chi connectivity index (χ3n) is 3.22. The second kappa shape index (κ2) is 6.10. The third-order valence-corrected chi connectivity index (χ3v) is 3.22. The SMILES string of the molecule is CC(C)(C)C(O)C(=O)Oc1ccc(-c2ccccc2)cc1. The zero-order valence-electron chi connectivity index (χ0n) is 12.5. The van der Waals surface area contributed by atoms with Crippen LogP contribution in [0.4, 0.5) is 0 Å². The van der Waals surface area contributed by atoms with Gasteiger partial charge in [0.2, 0.25) is 0 Å². The van der Waals surface area contributed by atoms with Gasteiger partial charge in [-0.1, -0.05) is 63.2 Å². The lowest BCUT2D eigenvalue weighted by atomic mass is 9.89. The molecule has 0 fully saturated rings. The number of hydrogen-bond donors (Lipinski definition) is 1. The van der Waals surface area contributed by atoms with Crippen molar-refractivity contribution in [2.45, 2.75) is 26.9 Å². The average molecular weight is 284 g/mol. The maximum Gasteiger partial charge on any atom is 0.340 e. The van der Waals surface area contributed by atoms with E-state index in [1.807, 2.05) is 42.5 Å². The van der Waals surface area contributed by atoms with Crippen LogP contribution in [0.1, 0.15) is 20.8 Å². The van der Waals surface area contributed by atoms with Crippen LogP contribution in [0, 0.1) is 5.41 Å². The van der Waals surface area contributed by atoms with Crippen molar-refractivity contribution < 1.29 is 14.6 Å². The fourth-order valence-corrected chi connectivity index (χ4v) is 1.87. The molecule has 0 bridgehead atoms. The summed E-state index contributed by atoms with van der Waals surface area (Å²) in [6.45, 7) is 5.37. The molecule has 0 aromatic heterocycles. The van der Waals surface area contributed by atoms with Gasteiger partial charge in [0, 0.05) is 0 Å². The van der Waals surface area contributed by atoms with Gasteiger partial charge < -0.3 is 9.84 Å². The van der Waals surface area contributed by atoms with Gasteiger partial charge in [-0.3, -0.25) is 0 Å². The Hall–Kier alpha value is -2.13. The second-order valence-electron chi connectivity index (χ2n) is 6.08. The molecular formula is C18H20O3. The quantitative estimate of drug-likeness (QED) is 0.691. The Bertz CT molecular complexity index is 595. The molecule has 0 saturated carbocycles. The zero-order valence-corrected chi connectivity index (χ0v) is 12.5. The summed E-state index contributed by atoms with van der Waals surface area (Å²) in [4.78, 5) is 11.8. The highest BCUT2D eigenvalue weighted by molar-refractivity contribution is 5.78. The van der Waals surface area contributed by atoms with Crippen LogP contribution < -0.4 is 4.74 Å². The van der Waals surface area contributed by atoms with Crippen molar-refractivity contribution in [2.75, 3.05) is 0 Å². The van der Waals surface area contributed by atoms with Gasteiger partial charge in [0.15, 0.2) is 6.10 Å². The molecule has 110 valence electrons. The van der Waals surface area contributed by atoms with Gasteiger partial charge in [0.1, 0.15) is 5.75 Å². The van der Waals surface area contributed by atoms with Crippen molar-refractivity contribution in [3.63, 3.8) is 0 Å². The molecule has 1 N–H and O–H groups in total. The van der Waals surface area contributed by atoms with E-state index in [0.29, 0.717) is 5.75 Å². The van der Waals surface area contributed by atoms with Crippen LogP contribution in [0.3, 0.4) is 0 Å². The van der Waals surface area contributed by atoms with Crippen molar-refractivity contribution in [2.24, 2.45) is 5.41 Å². The van der Waals surface area contributed by atoms with E-state index < -0.39 is 17.5 Å². The molecule has 3 nitrogen and oxygen atoms in total. The molecule has 3 heteroatoms. The van der Waals surface area contributed by atoms with E-state index in [2.05, 4.69) is 0 Å². The van der Waals surface area contributed by atoms with E-state index in [9.17, 15) is 9.90 Å². The summed E-state index contributed by atoms with van der Waals surface area (Å²) >= 11 is 0. The van der Waals surface area contributed by atoms with E-state index in [0.717, 1.165) is 11.1 Å². The fourth-order valence-electron chi connectivity index (χ4n) is 1.87. The molecule has 0 heterocycles. The topological polar surface area (TPSA) is 46.5 Å². The monoisotopic (exact) mass is 284 g/mol. The molecule has 0 aliphatic heterocycles. The molecule has 0 saturated heterocycles. The lowest BCUT2D eigenvalue weighted by molar-refractivity contribution is -0.149. The first kappa shape index (κ1) is 15.3. The van der Waals surface area contributed by atoms with E-state index in [4.69, 9.17) is 4.74 Å². The Morgan fingerprint density at radius 3 is 2.00 bits per heavy atom. The molecule has 0 radical (unpaired) electrons. The summed E-state index contributed by atoms with van der Waals surface area (Å²) < 4.78 is 5.20. The first-order chi connectivity index (χ1) is 9.88. The van der Waals surface area contributed by atoms with Crippen LogP contribution in [0.2, 0.25) is 0 Å². The van der Waals surface area contributed by atoms with Gasteiger partial charge in [-0.15, -0.1) is 0 Å². The van der Waals surface area contributed by atoms with Crippen molar-refractivity contribution in [1.82, 2.24) is 0 Å². The summed E-state index contributed by atoms with van der Waals surface area (Å²) in [7, 11) is 0. The summed E-state index contributed by atoms with van der Waals surface area (Å²) in [5.41, 5.74) is 1.61. The van der Waals surface area contributed by atoms with Gasteiger partial charge >= 0.3 is 5.97 Å². The van der Waals surface area contributed by atoms with Crippen molar-refractivity contribution in [1.29, 1.82) is 0 Å². The van der Waals surface area contributed by atoms with Crippen molar-refractivity contribution >= 4 is 5.97 Å². The summed E-state index contributed by atoms with van der Waals surface area (Å²) in [5.74, 6) is -0.196. The molecule has 0 amide bonds. The molecule has 0 aliphatic rings. The van der Waals surface area contributed by atoms with Crippen LogP contribution >= 0.6 is 0 Å². The van der Waals surface area contributed by atoms with E-state index in [1.54, 1.807) is 32.9 Å². The Morgan fingerprint density at radius 1 is 0.952 bits per heavy atom. The van der Waals surface area contributed by atoms with Crippen molar-refractivity contribution in [3.05, 3.63) is 54.6 Å². The number of esters is 1. The van der Waals surface area contributed by atoms with Gasteiger partial charge in [-0.05, 0) is 28.7 Å². The van der Waals surface area contributed by atoms with Crippen LogP contribution in [0.25, 0.3) is 11.1 Å². The standard InChI is InChI=1S/C18H20O3/c1-18(2,3)16(19)17(20)21-15-11-9-14(10-12-15)13-7-5-4-6-8-13/h4-12,16,19H,1-3H3. The summed E-state index contributed by atoms with van der Waals surface area (Å²) in [5, 5.41) is 9.87. The molecule has 2 rings (SSSR count). The second-order valence-corrected chi connectivity index (χ2v) is 6.08. The normalized spacial score (nSPS) is 12.8. The van der Waals surface area contributed by atoms with Gasteiger partial charge in [-0.25, -0.2) is 4.79 Å². The van der Waals surface area contributed by atoms with Crippen LogP contribution in [-0.2, 0) is 4.79 Å². The highest BCUT2D eigenvalue weighted by atomic mass is 16.5. The largest absolute Gasteiger partial charge is 0.425 e. The number of aliphatic hydroxyl groups excluding tert-OH is 1. The maximum absolute atomic E-state index is 11.8. The minimum absolute atomic E-state index is 0.433. The lowest BCUT2D eigenvalue weighted by Crippen LogP contribution is -2.37. The predicted octanol–water partition coefficient (Wildman–Crippen LogP) is 3.67. The first-order valence-electron chi connectivity index (χ1n) is 6.93. The zero-order chi connectivity index (χ0) is 15.5. The molecule has 21 heavy (non-hydrogen) atoms. The molecule has 2 aromatic rings. The van der Waals surface area contributed by atoms with Gasteiger partial charge in [-0.2, -0.15) is 0 Å². The number of benzene rings is 2. The third kappa shape index (κ3) is 3.92.